The number of primary amides is 1. The monoisotopic (exact) mass is 350 g/mol. The Hall–Kier alpha value is -2.04. The van der Waals surface area contributed by atoms with E-state index in [9.17, 15) is 9.59 Å². The van der Waals surface area contributed by atoms with Gasteiger partial charge in [0.2, 0.25) is 11.8 Å². The molecule has 23 heavy (non-hydrogen) atoms. The third-order valence-electron chi connectivity index (χ3n) is 3.33. The lowest BCUT2D eigenvalue weighted by molar-refractivity contribution is -0.127. The maximum Gasteiger partial charge on any atom is 0.240 e. The summed E-state index contributed by atoms with van der Waals surface area (Å²) in [5.41, 5.74) is 6.94. The lowest BCUT2D eigenvalue weighted by Crippen LogP contribution is -2.46. The Labute approximate surface area is 144 Å². The van der Waals surface area contributed by atoms with Crippen molar-refractivity contribution in [2.24, 2.45) is 5.73 Å². The number of benzene rings is 2. The van der Waals surface area contributed by atoms with Gasteiger partial charge in [-0.1, -0.05) is 59.6 Å². The molecular weight excluding hydrogens is 335 g/mol. The van der Waals surface area contributed by atoms with Gasteiger partial charge in [-0.25, -0.2) is 0 Å². The summed E-state index contributed by atoms with van der Waals surface area (Å²) < 4.78 is 0. The molecule has 3 N–H and O–H groups in total. The van der Waals surface area contributed by atoms with E-state index in [1.54, 1.807) is 18.2 Å². The summed E-state index contributed by atoms with van der Waals surface area (Å²) in [5.74, 6) is -0.887. The van der Waals surface area contributed by atoms with Crippen LogP contribution >= 0.6 is 23.2 Å². The number of nitrogens with two attached hydrogens (primary N) is 1. The normalized spacial score (nSPS) is 11.7. The van der Waals surface area contributed by atoms with Gasteiger partial charge in [0, 0.05) is 16.5 Å². The van der Waals surface area contributed by atoms with Crippen molar-refractivity contribution < 1.29 is 9.59 Å². The summed E-state index contributed by atoms with van der Waals surface area (Å²) in [6.45, 7) is 0. The molecule has 0 spiro atoms. The molecule has 0 aliphatic carbocycles. The molecule has 0 saturated carbocycles. The molecule has 0 radical (unpaired) electrons. The summed E-state index contributed by atoms with van der Waals surface area (Å²) in [5, 5.41) is 3.58. The van der Waals surface area contributed by atoms with Gasteiger partial charge in [-0.2, -0.15) is 0 Å². The molecule has 0 aromatic heterocycles. The van der Waals surface area contributed by atoms with Crippen LogP contribution in [-0.4, -0.2) is 17.9 Å². The Morgan fingerprint density at radius 3 is 2.39 bits per heavy atom. The van der Waals surface area contributed by atoms with Crippen molar-refractivity contribution in [1.29, 1.82) is 0 Å². The maximum absolute atomic E-state index is 12.1. The van der Waals surface area contributed by atoms with E-state index in [0.29, 0.717) is 15.6 Å². The van der Waals surface area contributed by atoms with Crippen LogP contribution < -0.4 is 11.1 Å². The van der Waals surface area contributed by atoms with E-state index in [4.69, 9.17) is 28.9 Å². The number of hydrogen-bond donors (Lipinski definition) is 2. The van der Waals surface area contributed by atoms with Gasteiger partial charge >= 0.3 is 0 Å². The average Bonchev–Trinajstić information content (AvgIpc) is 2.50. The van der Waals surface area contributed by atoms with Crippen LogP contribution in [0.2, 0.25) is 10.0 Å². The van der Waals surface area contributed by atoms with E-state index in [0.717, 1.165) is 5.56 Å². The zero-order valence-electron chi connectivity index (χ0n) is 12.3. The molecule has 0 fully saturated rings. The van der Waals surface area contributed by atoms with Crippen LogP contribution in [0.1, 0.15) is 11.1 Å². The lowest BCUT2D eigenvalue weighted by atomic mass is 10.0. The molecule has 2 amide bonds. The molecule has 2 aromatic carbocycles. The Morgan fingerprint density at radius 2 is 1.78 bits per heavy atom. The summed E-state index contributed by atoms with van der Waals surface area (Å²) in [6.07, 6.45) is 0.394. The van der Waals surface area contributed by atoms with Crippen LogP contribution in [-0.2, 0) is 22.4 Å². The zero-order chi connectivity index (χ0) is 16.8. The number of nitrogens with one attached hydrogen (secondary N) is 1. The number of rotatable bonds is 6. The second-order valence-electron chi connectivity index (χ2n) is 5.12. The van der Waals surface area contributed by atoms with Crippen molar-refractivity contribution >= 4 is 35.0 Å². The van der Waals surface area contributed by atoms with Gasteiger partial charge in [-0.3, -0.25) is 9.59 Å². The number of hydrogen-bond acceptors (Lipinski definition) is 2. The molecule has 0 unspecified atom stereocenters. The number of halogens is 2. The quantitative estimate of drug-likeness (QED) is 0.840. The number of amides is 2. The number of carbonyl (C=O) groups is 2. The first kappa shape index (κ1) is 17.3. The van der Waals surface area contributed by atoms with E-state index >= 15 is 0 Å². The first-order valence-electron chi connectivity index (χ1n) is 7.02. The Bertz CT molecular complexity index is 705. The van der Waals surface area contributed by atoms with Crippen LogP contribution in [0.25, 0.3) is 0 Å². The van der Waals surface area contributed by atoms with Gasteiger partial charge in [-0.15, -0.1) is 0 Å². The van der Waals surface area contributed by atoms with Crippen LogP contribution in [0.3, 0.4) is 0 Å². The minimum absolute atomic E-state index is 0.180. The van der Waals surface area contributed by atoms with Gasteiger partial charge in [0.25, 0.3) is 0 Å². The fraction of sp³-hybridized carbons (Fsp3) is 0.176. The summed E-state index contributed by atoms with van der Waals surface area (Å²) in [6, 6.07) is 13.4. The van der Waals surface area contributed by atoms with Crippen molar-refractivity contribution in [1.82, 2.24) is 5.32 Å². The molecule has 0 saturated heterocycles. The second kappa shape index (κ2) is 7.99. The molecule has 120 valence electrons. The molecule has 0 aliphatic heterocycles. The highest BCUT2D eigenvalue weighted by molar-refractivity contribution is 6.35. The van der Waals surface area contributed by atoms with Gasteiger partial charge in [0.05, 0.1) is 6.42 Å². The molecule has 4 nitrogen and oxygen atoms in total. The fourth-order valence-corrected chi connectivity index (χ4v) is 2.64. The van der Waals surface area contributed by atoms with Gasteiger partial charge in [-0.05, 0) is 23.3 Å². The van der Waals surface area contributed by atoms with Crippen molar-refractivity contribution in [3.8, 4) is 0 Å². The van der Waals surface area contributed by atoms with Crippen molar-refractivity contribution in [3.05, 3.63) is 69.7 Å². The van der Waals surface area contributed by atoms with Crippen LogP contribution in [0.15, 0.2) is 48.5 Å². The van der Waals surface area contributed by atoms with E-state index in [2.05, 4.69) is 5.32 Å². The van der Waals surface area contributed by atoms with E-state index in [1.165, 1.54) is 0 Å². The molecule has 0 heterocycles. The molecule has 1 atom stereocenters. The topological polar surface area (TPSA) is 72.2 Å². The first-order chi connectivity index (χ1) is 11.0. The van der Waals surface area contributed by atoms with Crippen molar-refractivity contribution in [2.45, 2.75) is 18.9 Å². The van der Waals surface area contributed by atoms with Gasteiger partial charge in [0.15, 0.2) is 0 Å². The number of carbonyl (C=O) groups excluding carboxylic acids is 2. The fourth-order valence-electron chi connectivity index (χ4n) is 2.16. The standard InChI is InChI=1S/C17H16Cl2N2O2/c18-13-7-6-12(14(19)10-13)9-15(17(20)23)21-16(22)8-11-4-2-1-3-5-11/h1-7,10,15H,8-9H2,(H2,20,23)(H,21,22)/t15-/m0/s1. The molecule has 0 aliphatic rings. The van der Waals surface area contributed by atoms with E-state index in [-0.39, 0.29) is 18.7 Å². The second-order valence-corrected chi connectivity index (χ2v) is 5.97. The molecule has 0 bridgehead atoms. The minimum Gasteiger partial charge on any atom is -0.368 e. The lowest BCUT2D eigenvalue weighted by Gasteiger charge is -2.16. The molecule has 2 aromatic rings. The SMILES string of the molecule is NC(=O)[C@H](Cc1ccc(Cl)cc1Cl)NC(=O)Cc1ccccc1. The molecular formula is C17H16Cl2N2O2. The Kier molecular flexibility index (Phi) is 6.02. The van der Waals surface area contributed by atoms with Gasteiger partial charge < -0.3 is 11.1 Å². The summed E-state index contributed by atoms with van der Waals surface area (Å²) in [7, 11) is 0. The maximum atomic E-state index is 12.1. The van der Waals surface area contributed by atoms with Crippen LogP contribution in [0.5, 0.6) is 0 Å². The summed E-state index contributed by atoms with van der Waals surface area (Å²) >= 11 is 11.9. The zero-order valence-corrected chi connectivity index (χ0v) is 13.8. The highest BCUT2D eigenvalue weighted by Gasteiger charge is 2.20. The van der Waals surface area contributed by atoms with Crippen LogP contribution in [0.4, 0.5) is 0 Å². The third-order valence-corrected chi connectivity index (χ3v) is 3.91. The van der Waals surface area contributed by atoms with Gasteiger partial charge in [0.1, 0.15) is 6.04 Å². The largest absolute Gasteiger partial charge is 0.368 e. The molecule has 6 heteroatoms. The Balaban J connectivity index is 2.04. The molecule has 2 rings (SSSR count). The highest BCUT2D eigenvalue weighted by atomic mass is 35.5. The first-order valence-corrected chi connectivity index (χ1v) is 7.78. The van der Waals surface area contributed by atoms with Crippen molar-refractivity contribution in [3.63, 3.8) is 0 Å². The Morgan fingerprint density at radius 1 is 1.09 bits per heavy atom. The minimum atomic E-state index is -0.829. The van der Waals surface area contributed by atoms with E-state index in [1.807, 2.05) is 30.3 Å². The predicted molar refractivity (Wildman–Crippen MR) is 91.4 cm³/mol. The average molecular weight is 351 g/mol. The smallest absolute Gasteiger partial charge is 0.240 e. The summed E-state index contributed by atoms with van der Waals surface area (Å²) in [4.78, 5) is 23.7. The third kappa shape index (κ3) is 5.27. The van der Waals surface area contributed by atoms with E-state index < -0.39 is 11.9 Å². The predicted octanol–water partition coefficient (Wildman–Crippen LogP) is 2.75. The van der Waals surface area contributed by atoms with Crippen LogP contribution in [0, 0.1) is 0 Å². The highest BCUT2D eigenvalue weighted by Crippen LogP contribution is 2.22. The van der Waals surface area contributed by atoms with Crippen molar-refractivity contribution in [2.75, 3.05) is 0 Å².